The zero-order chi connectivity index (χ0) is 12.8. The fourth-order valence-corrected chi connectivity index (χ4v) is 1.21. The number of fused-ring (bicyclic) bond motifs is 1. The van der Waals surface area contributed by atoms with Crippen LogP contribution in [0.2, 0.25) is 0 Å². The molecule has 0 amide bonds. The van der Waals surface area contributed by atoms with Crippen molar-refractivity contribution in [3.8, 4) is 0 Å². The van der Waals surface area contributed by atoms with Gasteiger partial charge in [-0.1, -0.05) is 17.3 Å². The highest BCUT2D eigenvalue weighted by molar-refractivity contribution is 5.82. The molecule has 0 N–H and O–H groups in total. The third-order valence-corrected chi connectivity index (χ3v) is 1.85. The van der Waals surface area contributed by atoms with Gasteiger partial charge in [0.15, 0.2) is 5.58 Å². The number of hydrogen-bond acceptors (Lipinski definition) is 5. The van der Waals surface area contributed by atoms with Gasteiger partial charge in [0.25, 0.3) is 0 Å². The number of aromatic nitrogens is 1. The van der Waals surface area contributed by atoms with Gasteiger partial charge in [-0.05, 0) is 19.1 Å². The van der Waals surface area contributed by atoms with Crippen LogP contribution in [-0.2, 0) is 14.3 Å². The highest BCUT2D eigenvalue weighted by Crippen LogP contribution is 2.15. The molecular weight excluding hydrogens is 222 g/mol. The van der Waals surface area contributed by atoms with Crippen molar-refractivity contribution in [3.05, 3.63) is 30.0 Å². The van der Waals surface area contributed by atoms with Crippen LogP contribution in [-0.4, -0.2) is 17.1 Å². The SMILES string of the molecule is CC(=O)OC(C)=O.Cc1noc2ccccc12. The van der Waals surface area contributed by atoms with Gasteiger partial charge in [-0.2, -0.15) is 0 Å². The summed E-state index contributed by atoms with van der Waals surface area (Å²) in [5.74, 6) is -1.12. The molecule has 0 unspecified atom stereocenters. The molecule has 0 aliphatic carbocycles. The van der Waals surface area contributed by atoms with Crippen LogP contribution in [0.3, 0.4) is 0 Å². The van der Waals surface area contributed by atoms with E-state index in [1.807, 2.05) is 31.2 Å². The van der Waals surface area contributed by atoms with Gasteiger partial charge in [0.1, 0.15) is 0 Å². The molecule has 0 spiro atoms. The first-order valence-corrected chi connectivity index (χ1v) is 5.00. The summed E-state index contributed by atoms with van der Waals surface area (Å²) in [6, 6.07) is 7.83. The molecule has 1 aromatic carbocycles. The smallest absolute Gasteiger partial charge is 0.310 e. The minimum atomic E-state index is -0.562. The van der Waals surface area contributed by atoms with Crippen LogP contribution < -0.4 is 0 Å². The number of esters is 2. The Hall–Kier alpha value is -2.17. The molecule has 5 nitrogen and oxygen atoms in total. The summed E-state index contributed by atoms with van der Waals surface area (Å²) in [5.41, 5.74) is 1.82. The lowest BCUT2D eigenvalue weighted by Crippen LogP contribution is -2.03. The number of benzene rings is 1. The molecule has 0 aliphatic rings. The quantitative estimate of drug-likeness (QED) is 0.517. The van der Waals surface area contributed by atoms with E-state index in [4.69, 9.17) is 4.52 Å². The van der Waals surface area contributed by atoms with Gasteiger partial charge in [-0.25, -0.2) is 0 Å². The summed E-state index contributed by atoms with van der Waals surface area (Å²) in [6.45, 7) is 4.30. The van der Waals surface area contributed by atoms with Gasteiger partial charge in [-0.3, -0.25) is 9.59 Å². The number of ether oxygens (including phenoxy) is 1. The number of carbonyl (C=O) groups excluding carboxylic acids is 2. The predicted molar refractivity (Wildman–Crippen MR) is 61.2 cm³/mol. The molecule has 0 aliphatic heterocycles. The van der Waals surface area contributed by atoms with Crippen molar-refractivity contribution < 1.29 is 18.8 Å². The number of para-hydroxylation sites is 1. The molecule has 17 heavy (non-hydrogen) atoms. The predicted octanol–water partition coefficient (Wildman–Crippen LogP) is 2.23. The van der Waals surface area contributed by atoms with E-state index in [0.717, 1.165) is 16.7 Å². The van der Waals surface area contributed by atoms with Gasteiger partial charge in [-0.15, -0.1) is 0 Å². The van der Waals surface area contributed by atoms with Crippen LogP contribution in [0.25, 0.3) is 11.0 Å². The molecule has 0 saturated carbocycles. The van der Waals surface area contributed by atoms with Crippen molar-refractivity contribution in [2.24, 2.45) is 0 Å². The normalized spacial score (nSPS) is 9.35. The zero-order valence-electron chi connectivity index (χ0n) is 9.89. The van der Waals surface area contributed by atoms with Crippen LogP contribution in [0.1, 0.15) is 19.5 Å². The topological polar surface area (TPSA) is 69.4 Å². The lowest BCUT2D eigenvalue weighted by molar-refractivity contribution is -0.156. The molecule has 90 valence electrons. The second-order valence-electron chi connectivity index (χ2n) is 3.35. The lowest BCUT2D eigenvalue weighted by atomic mass is 10.2. The second-order valence-corrected chi connectivity index (χ2v) is 3.35. The Labute approximate surface area is 98.3 Å². The molecule has 5 heteroatoms. The third-order valence-electron chi connectivity index (χ3n) is 1.85. The van der Waals surface area contributed by atoms with Crippen molar-refractivity contribution in [3.63, 3.8) is 0 Å². The molecule has 0 radical (unpaired) electrons. The average Bonchev–Trinajstić information content (AvgIpc) is 2.60. The van der Waals surface area contributed by atoms with Gasteiger partial charge >= 0.3 is 11.9 Å². The van der Waals surface area contributed by atoms with Crippen molar-refractivity contribution in [1.82, 2.24) is 5.16 Å². The minimum absolute atomic E-state index is 0.562. The highest BCUT2D eigenvalue weighted by Gasteiger charge is 1.99. The highest BCUT2D eigenvalue weighted by atomic mass is 16.6. The molecule has 0 atom stereocenters. The number of carbonyl (C=O) groups is 2. The maximum atomic E-state index is 9.81. The Morgan fingerprint density at radius 3 is 2.24 bits per heavy atom. The van der Waals surface area contributed by atoms with Gasteiger partial charge in [0.2, 0.25) is 0 Å². The van der Waals surface area contributed by atoms with E-state index >= 15 is 0 Å². The maximum absolute atomic E-state index is 9.81. The molecule has 1 heterocycles. The van der Waals surface area contributed by atoms with E-state index in [9.17, 15) is 9.59 Å². The van der Waals surface area contributed by atoms with Gasteiger partial charge in [0.05, 0.1) is 5.69 Å². The Kier molecular flexibility index (Phi) is 4.39. The van der Waals surface area contributed by atoms with Crippen LogP contribution in [0.5, 0.6) is 0 Å². The monoisotopic (exact) mass is 235 g/mol. The number of rotatable bonds is 0. The fourth-order valence-electron chi connectivity index (χ4n) is 1.21. The van der Waals surface area contributed by atoms with Gasteiger partial charge in [0, 0.05) is 19.2 Å². The molecule has 0 saturated heterocycles. The van der Waals surface area contributed by atoms with E-state index < -0.39 is 11.9 Å². The Morgan fingerprint density at radius 2 is 1.76 bits per heavy atom. The summed E-state index contributed by atoms with van der Waals surface area (Å²) in [7, 11) is 0. The summed E-state index contributed by atoms with van der Waals surface area (Å²) in [6.07, 6.45) is 0. The van der Waals surface area contributed by atoms with E-state index in [1.165, 1.54) is 13.8 Å². The summed E-state index contributed by atoms with van der Waals surface area (Å²) in [4.78, 5) is 19.6. The number of hydrogen-bond donors (Lipinski definition) is 0. The fraction of sp³-hybridized carbons (Fsp3) is 0.250. The van der Waals surface area contributed by atoms with E-state index in [2.05, 4.69) is 9.89 Å². The molecule has 0 bridgehead atoms. The molecule has 0 fully saturated rings. The zero-order valence-corrected chi connectivity index (χ0v) is 9.89. The first kappa shape index (κ1) is 12.9. The summed E-state index contributed by atoms with van der Waals surface area (Å²) < 4.78 is 8.97. The number of aryl methyl sites for hydroxylation is 1. The van der Waals surface area contributed by atoms with E-state index in [-0.39, 0.29) is 0 Å². The Bertz CT molecular complexity index is 518. The molecule has 2 aromatic rings. The summed E-state index contributed by atoms with van der Waals surface area (Å²) in [5, 5.41) is 4.92. The van der Waals surface area contributed by atoms with Crippen LogP contribution in [0.4, 0.5) is 0 Å². The first-order valence-electron chi connectivity index (χ1n) is 5.00. The van der Waals surface area contributed by atoms with E-state index in [0.29, 0.717) is 0 Å². The van der Waals surface area contributed by atoms with Crippen molar-refractivity contribution in [1.29, 1.82) is 0 Å². The van der Waals surface area contributed by atoms with Crippen molar-refractivity contribution in [2.75, 3.05) is 0 Å². The Morgan fingerprint density at radius 1 is 1.18 bits per heavy atom. The standard InChI is InChI=1S/C8H7NO.C4H6O3/c1-6-7-4-2-3-5-8(7)10-9-6;1-3(5)7-4(2)6/h2-5H,1H3;1-2H3. The van der Waals surface area contributed by atoms with Crippen LogP contribution in [0.15, 0.2) is 28.8 Å². The molecular formula is C12H13NO4. The average molecular weight is 235 g/mol. The number of nitrogens with zero attached hydrogens (tertiary/aromatic N) is 1. The third kappa shape index (κ3) is 4.06. The lowest BCUT2D eigenvalue weighted by Gasteiger charge is -1.87. The molecule has 2 rings (SSSR count). The second kappa shape index (κ2) is 5.79. The van der Waals surface area contributed by atoms with Crippen molar-refractivity contribution >= 4 is 22.9 Å². The largest absolute Gasteiger partial charge is 0.394 e. The van der Waals surface area contributed by atoms with Crippen LogP contribution >= 0.6 is 0 Å². The maximum Gasteiger partial charge on any atom is 0.310 e. The first-order chi connectivity index (χ1) is 8.00. The minimum Gasteiger partial charge on any atom is -0.394 e. The molecule has 1 aromatic heterocycles. The van der Waals surface area contributed by atoms with Crippen LogP contribution in [0, 0.1) is 6.92 Å². The van der Waals surface area contributed by atoms with Gasteiger partial charge < -0.3 is 9.26 Å². The Balaban J connectivity index is 0.000000185. The van der Waals surface area contributed by atoms with Crippen molar-refractivity contribution in [2.45, 2.75) is 20.8 Å². The summed E-state index contributed by atoms with van der Waals surface area (Å²) >= 11 is 0. The van der Waals surface area contributed by atoms with E-state index in [1.54, 1.807) is 0 Å².